The van der Waals surface area contributed by atoms with E-state index in [9.17, 15) is 0 Å². The minimum absolute atomic E-state index is 0.552. The molecule has 2 aliphatic rings. The van der Waals surface area contributed by atoms with Crippen molar-refractivity contribution < 1.29 is 0 Å². The van der Waals surface area contributed by atoms with Gasteiger partial charge in [-0.3, -0.25) is 4.90 Å². The number of likely N-dealkylation sites (N-methyl/N-ethyl adjacent to an activating group) is 1. The summed E-state index contributed by atoms with van der Waals surface area (Å²) in [4.78, 5) is 4.92. The molecule has 0 saturated carbocycles. The average Bonchev–Trinajstić information content (AvgIpc) is 2.72. The van der Waals surface area contributed by atoms with E-state index in [-0.39, 0.29) is 0 Å². The molecule has 1 aliphatic carbocycles. The van der Waals surface area contributed by atoms with Gasteiger partial charge in [0.2, 0.25) is 0 Å². The summed E-state index contributed by atoms with van der Waals surface area (Å²) in [7, 11) is 4.33. The number of benzene rings is 2. The summed E-state index contributed by atoms with van der Waals surface area (Å²) in [5.41, 5.74) is 7.88. The van der Waals surface area contributed by atoms with Crippen LogP contribution in [0, 0.1) is 0 Å². The van der Waals surface area contributed by atoms with Crippen molar-refractivity contribution in [2.75, 3.05) is 33.7 Å². The lowest BCUT2D eigenvalue weighted by atomic mass is 9.82. The molecule has 0 aromatic heterocycles. The summed E-state index contributed by atoms with van der Waals surface area (Å²) in [6.07, 6.45) is 2.37. The highest BCUT2D eigenvalue weighted by molar-refractivity contribution is 5.50. The van der Waals surface area contributed by atoms with Crippen molar-refractivity contribution >= 4 is 0 Å². The summed E-state index contributed by atoms with van der Waals surface area (Å²) in [6, 6.07) is 16.1. The van der Waals surface area contributed by atoms with Crippen LogP contribution in [0.15, 0.2) is 42.5 Å². The second-order valence-electron chi connectivity index (χ2n) is 7.28. The smallest absolute Gasteiger partial charge is 0.0237 e. The van der Waals surface area contributed by atoms with Crippen LogP contribution in [0.5, 0.6) is 0 Å². The topological polar surface area (TPSA) is 6.48 Å². The molecule has 0 saturated heterocycles. The van der Waals surface area contributed by atoms with Gasteiger partial charge in [-0.25, -0.2) is 0 Å². The van der Waals surface area contributed by atoms with Crippen molar-refractivity contribution in [3.8, 4) is 0 Å². The molecule has 1 atom stereocenters. The van der Waals surface area contributed by atoms with E-state index in [1.165, 1.54) is 12.8 Å². The zero-order valence-electron chi connectivity index (χ0n) is 14.3. The average molecular weight is 306 g/mol. The first-order valence-electron chi connectivity index (χ1n) is 8.78. The van der Waals surface area contributed by atoms with Crippen LogP contribution >= 0.6 is 0 Å². The minimum atomic E-state index is 0.552. The number of aryl methyl sites for hydroxylation is 2. The van der Waals surface area contributed by atoms with Gasteiger partial charge in [0.1, 0.15) is 0 Å². The zero-order valence-corrected chi connectivity index (χ0v) is 14.3. The number of fused-ring (bicyclic) bond motifs is 2. The third-order valence-electron chi connectivity index (χ3n) is 5.43. The number of rotatable bonds is 3. The van der Waals surface area contributed by atoms with Crippen molar-refractivity contribution in [3.63, 3.8) is 0 Å². The molecule has 1 heterocycles. The molecule has 0 spiro atoms. The maximum atomic E-state index is 2.64. The summed E-state index contributed by atoms with van der Waals surface area (Å²) in [5, 5.41) is 0. The Balaban J connectivity index is 1.75. The predicted molar refractivity (Wildman–Crippen MR) is 96.0 cm³/mol. The van der Waals surface area contributed by atoms with Crippen LogP contribution in [0.4, 0.5) is 0 Å². The molecule has 2 aromatic carbocycles. The first kappa shape index (κ1) is 14.9. The highest BCUT2D eigenvalue weighted by Crippen LogP contribution is 2.40. The molecular weight excluding hydrogens is 280 g/mol. The molecule has 1 aliphatic heterocycles. The van der Waals surface area contributed by atoms with Crippen LogP contribution < -0.4 is 0 Å². The Morgan fingerprint density at radius 2 is 1.70 bits per heavy atom. The molecule has 23 heavy (non-hydrogen) atoms. The molecule has 0 N–H and O–H groups in total. The van der Waals surface area contributed by atoms with Gasteiger partial charge >= 0.3 is 0 Å². The van der Waals surface area contributed by atoms with Crippen molar-refractivity contribution in [2.24, 2.45) is 0 Å². The summed E-state index contributed by atoms with van der Waals surface area (Å²) < 4.78 is 0. The van der Waals surface area contributed by atoms with Crippen molar-refractivity contribution in [2.45, 2.75) is 25.3 Å². The van der Waals surface area contributed by atoms with E-state index < -0.39 is 0 Å². The maximum Gasteiger partial charge on any atom is 0.0237 e. The molecule has 120 valence electrons. The van der Waals surface area contributed by atoms with Crippen molar-refractivity contribution in [3.05, 3.63) is 70.3 Å². The first-order valence-corrected chi connectivity index (χ1v) is 8.78. The van der Waals surface area contributed by atoms with Crippen LogP contribution in [-0.2, 0) is 19.4 Å². The standard InChI is InChI=1S/C21H26N2/c1-22(2)12-13-23-14-18-8-5-7-17-11-10-16-6-3-4-9-19(16)20(15-23)21(17)18/h3-9,20H,10-15H2,1-2H3. The lowest BCUT2D eigenvalue weighted by Gasteiger charge is -2.36. The van der Waals surface area contributed by atoms with Crippen LogP contribution in [0.1, 0.15) is 33.7 Å². The molecule has 4 rings (SSSR count). The molecule has 0 fully saturated rings. The van der Waals surface area contributed by atoms with Crippen LogP contribution in [0.2, 0.25) is 0 Å². The van der Waals surface area contributed by atoms with Gasteiger partial charge in [-0.05, 0) is 54.8 Å². The third-order valence-corrected chi connectivity index (χ3v) is 5.43. The predicted octanol–water partition coefficient (Wildman–Crippen LogP) is 3.29. The first-order chi connectivity index (χ1) is 11.2. The molecule has 2 aromatic rings. The number of hydrogen-bond acceptors (Lipinski definition) is 2. The van der Waals surface area contributed by atoms with Crippen molar-refractivity contribution in [1.29, 1.82) is 0 Å². The lowest BCUT2D eigenvalue weighted by Crippen LogP contribution is -2.38. The van der Waals surface area contributed by atoms with Gasteiger partial charge in [-0.1, -0.05) is 42.5 Å². The Hall–Kier alpha value is -1.64. The van der Waals surface area contributed by atoms with Crippen LogP contribution in [0.3, 0.4) is 0 Å². The fourth-order valence-electron chi connectivity index (χ4n) is 4.26. The van der Waals surface area contributed by atoms with Crippen LogP contribution in [-0.4, -0.2) is 43.5 Å². The zero-order chi connectivity index (χ0) is 15.8. The number of hydrogen-bond donors (Lipinski definition) is 0. The van der Waals surface area contributed by atoms with Gasteiger partial charge in [-0.2, -0.15) is 0 Å². The van der Waals surface area contributed by atoms with Gasteiger partial charge in [0.05, 0.1) is 0 Å². The van der Waals surface area contributed by atoms with E-state index in [0.717, 1.165) is 26.2 Å². The highest BCUT2D eigenvalue weighted by Gasteiger charge is 2.31. The summed E-state index contributed by atoms with van der Waals surface area (Å²) in [6.45, 7) is 4.54. The lowest BCUT2D eigenvalue weighted by molar-refractivity contribution is 0.214. The quantitative estimate of drug-likeness (QED) is 0.858. The Kier molecular flexibility index (Phi) is 3.96. The van der Waals surface area contributed by atoms with Crippen LogP contribution in [0.25, 0.3) is 0 Å². The summed E-state index contributed by atoms with van der Waals surface area (Å²) >= 11 is 0. The molecule has 2 nitrogen and oxygen atoms in total. The Labute approximate surface area is 139 Å². The monoisotopic (exact) mass is 306 g/mol. The van der Waals surface area contributed by atoms with E-state index in [2.05, 4.69) is 66.4 Å². The fraction of sp³-hybridized carbons (Fsp3) is 0.429. The normalized spacial score (nSPS) is 20.0. The van der Waals surface area contributed by atoms with Crippen molar-refractivity contribution in [1.82, 2.24) is 9.80 Å². The fourth-order valence-corrected chi connectivity index (χ4v) is 4.26. The maximum absolute atomic E-state index is 2.64. The van der Waals surface area contributed by atoms with E-state index in [4.69, 9.17) is 0 Å². The largest absolute Gasteiger partial charge is 0.308 e. The molecule has 0 amide bonds. The highest BCUT2D eigenvalue weighted by atomic mass is 15.2. The SMILES string of the molecule is CN(C)CCN1Cc2cccc3c2C(C1)c1ccccc1CC3. The molecule has 0 bridgehead atoms. The Morgan fingerprint density at radius 3 is 2.57 bits per heavy atom. The second-order valence-corrected chi connectivity index (χ2v) is 7.28. The minimum Gasteiger partial charge on any atom is -0.308 e. The van der Waals surface area contributed by atoms with Gasteiger partial charge in [0, 0.05) is 32.1 Å². The molecule has 0 radical (unpaired) electrons. The van der Waals surface area contributed by atoms with Gasteiger partial charge in [0.15, 0.2) is 0 Å². The Morgan fingerprint density at radius 1 is 0.957 bits per heavy atom. The molecule has 2 heteroatoms. The van der Waals surface area contributed by atoms with E-state index in [1.54, 1.807) is 27.8 Å². The number of nitrogens with zero attached hydrogens (tertiary/aromatic N) is 2. The van der Waals surface area contributed by atoms with Gasteiger partial charge in [0.25, 0.3) is 0 Å². The van der Waals surface area contributed by atoms with E-state index >= 15 is 0 Å². The van der Waals surface area contributed by atoms with E-state index in [1.807, 2.05) is 0 Å². The van der Waals surface area contributed by atoms with Gasteiger partial charge < -0.3 is 4.90 Å². The van der Waals surface area contributed by atoms with Gasteiger partial charge in [-0.15, -0.1) is 0 Å². The second kappa shape index (κ2) is 6.10. The summed E-state index contributed by atoms with van der Waals surface area (Å²) in [5.74, 6) is 0.552. The Bertz CT molecular complexity index is 705. The third kappa shape index (κ3) is 2.82. The van der Waals surface area contributed by atoms with E-state index in [0.29, 0.717) is 5.92 Å². The molecular formula is C21H26N2. The molecule has 1 unspecified atom stereocenters.